The van der Waals surface area contributed by atoms with Crippen molar-refractivity contribution in [2.45, 2.75) is 71.6 Å². The second kappa shape index (κ2) is 13.5. The van der Waals surface area contributed by atoms with Gasteiger partial charge in [0.1, 0.15) is 0 Å². The molecule has 1 heteroatoms. The van der Waals surface area contributed by atoms with Gasteiger partial charge in [-0.25, -0.2) is 0 Å². The molecule has 1 nitrogen and oxygen atoms in total. The van der Waals surface area contributed by atoms with E-state index in [1.165, 1.54) is 32.1 Å². The van der Waals surface area contributed by atoms with Crippen molar-refractivity contribution in [1.29, 1.82) is 0 Å². The van der Waals surface area contributed by atoms with Crippen LogP contribution in [0.1, 0.15) is 71.6 Å². The lowest BCUT2D eigenvalue weighted by molar-refractivity contribution is 0.285. The number of hydrogen-bond acceptors (Lipinski definition) is 1. The first kappa shape index (κ1) is 16.4. The van der Waals surface area contributed by atoms with Gasteiger partial charge in [-0.15, -0.1) is 0 Å². The maximum atomic E-state index is 8.64. The Labute approximate surface area is 108 Å². The molecule has 0 saturated heterocycles. The minimum Gasteiger partial charge on any atom is -0.396 e. The second-order valence-corrected chi connectivity index (χ2v) is 4.63. The van der Waals surface area contributed by atoms with Crippen LogP contribution in [-0.4, -0.2) is 11.7 Å². The summed E-state index contributed by atoms with van der Waals surface area (Å²) in [5, 5.41) is 8.64. The molecule has 0 rings (SSSR count). The van der Waals surface area contributed by atoms with E-state index in [0.717, 1.165) is 25.7 Å². The minimum absolute atomic E-state index is 0.327. The highest BCUT2D eigenvalue weighted by Crippen LogP contribution is 2.13. The summed E-state index contributed by atoms with van der Waals surface area (Å²) in [6.45, 7) is 4.84. The summed E-state index contributed by atoms with van der Waals surface area (Å²) in [5.74, 6) is 0. The Morgan fingerprint density at radius 2 is 1.53 bits per heavy atom. The predicted octanol–water partition coefficient (Wildman–Crippen LogP) is 5.01. The highest BCUT2D eigenvalue weighted by molar-refractivity contribution is 5.02. The number of aliphatic hydroxyl groups is 1. The summed E-state index contributed by atoms with van der Waals surface area (Å²) in [5.41, 5.74) is 1.64. The molecule has 0 fully saturated rings. The maximum Gasteiger partial charge on any atom is 0.0431 e. The van der Waals surface area contributed by atoms with Gasteiger partial charge >= 0.3 is 0 Å². The lowest BCUT2D eigenvalue weighted by Crippen LogP contribution is -1.83. The molecule has 17 heavy (non-hydrogen) atoms. The molecule has 100 valence electrons. The molecule has 0 unspecified atom stereocenters. The fourth-order valence-electron chi connectivity index (χ4n) is 1.96. The van der Waals surface area contributed by atoms with Gasteiger partial charge in [0.2, 0.25) is 0 Å². The molecule has 0 aromatic heterocycles. The van der Waals surface area contributed by atoms with Gasteiger partial charge in [0.15, 0.2) is 0 Å². The highest BCUT2D eigenvalue weighted by atomic mass is 16.2. The van der Waals surface area contributed by atoms with Crippen LogP contribution < -0.4 is 0 Å². The van der Waals surface area contributed by atoms with Crippen LogP contribution in [0.15, 0.2) is 23.8 Å². The predicted molar refractivity (Wildman–Crippen MR) is 77.2 cm³/mol. The molecule has 0 aromatic rings. The zero-order valence-corrected chi connectivity index (χ0v) is 11.8. The summed E-state index contributed by atoms with van der Waals surface area (Å²) in [6.07, 6.45) is 17.6. The Morgan fingerprint density at radius 3 is 2.12 bits per heavy atom. The van der Waals surface area contributed by atoms with Crippen molar-refractivity contribution >= 4 is 0 Å². The third-order valence-electron chi connectivity index (χ3n) is 2.85. The van der Waals surface area contributed by atoms with Crippen molar-refractivity contribution in [3.63, 3.8) is 0 Å². The normalized spacial score (nSPS) is 11.0. The van der Waals surface area contributed by atoms with Gasteiger partial charge in [-0.2, -0.15) is 0 Å². The van der Waals surface area contributed by atoms with Crippen LogP contribution in [0.25, 0.3) is 0 Å². The number of hydrogen-bond donors (Lipinski definition) is 1. The third kappa shape index (κ3) is 11.7. The Balaban J connectivity index is 3.60. The molecule has 0 amide bonds. The zero-order valence-electron chi connectivity index (χ0n) is 11.8. The topological polar surface area (TPSA) is 20.2 Å². The number of allylic oxidation sites excluding steroid dienone is 4. The van der Waals surface area contributed by atoms with Gasteiger partial charge in [0, 0.05) is 6.61 Å². The molecular weight excluding hydrogens is 208 g/mol. The van der Waals surface area contributed by atoms with Gasteiger partial charge in [-0.05, 0) is 44.9 Å². The van der Waals surface area contributed by atoms with E-state index in [-0.39, 0.29) is 0 Å². The Morgan fingerprint density at radius 1 is 0.882 bits per heavy atom. The first-order valence-corrected chi connectivity index (χ1v) is 7.28. The number of unbranched alkanes of at least 4 members (excludes halogenated alkanes) is 3. The monoisotopic (exact) mass is 238 g/mol. The molecule has 0 aliphatic heterocycles. The molecule has 1 N–H and O–H groups in total. The van der Waals surface area contributed by atoms with Crippen LogP contribution in [0, 0.1) is 0 Å². The standard InChI is InChI=1S/C16H30O/c1-3-12-16(13-4-2)14-10-8-6-5-7-9-11-15-17/h5-6,14,17H,3-4,7-13,15H2,1-2H3. The van der Waals surface area contributed by atoms with Crippen LogP contribution in [0.2, 0.25) is 0 Å². The van der Waals surface area contributed by atoms with Crippen molar-refractivity contribution in [1.82, 2.24) is 0 Å². The Bertz CT molecular complexity index is 196. The van der Waals surface area contributed by atoms with Gasteiger partial charge in [0.25, 0.3) is 0 Å². The highest BCUT2D eigenvalue weighted by Gasteiger charge is 1.93. The van der Waals surface area contributed by atoms with Gasteiger partial charge in [-0.3, -0.25) is 0 Å². The summed E-state index contributed by atoms with van der Waals surface area (Å²) in [7, 11) is 0. The van der Waals surface area contributed by atoms with E-state index < -0.39 is 0 Å². The zero-order chi connectivity index (χ0) is 12.8. The number of aliphatic hydroxyl groups excluding tert-OH is 1. The first-order chi connectivity index (χ1) is 8.35. The summed E-state index contributed by atoms with van der Waals surface area (Å²) < 4.78 is 0. The van der Waals surface area contributed by atoms with E-state index in [2.05, 4.69) is 32.1 Å². The Hall–Kier alpha value is -0.560. The fourth-order valence-corrected chi connectivity index (χ4v) is 1.96. The van der Waals surface area contributed by atoms with Gasteiger partial charge in [0.05, 0.1) is 0 Å². The first-order valence-electron chi connectivity index (χ1n) is 7.28. The van der Waals surface area contributed by atoms with Crippen molar-refractivity contribution in [2.24, 2.45) is 0 Å². The van der Waals surface area contributed by atoms with Crippen molar-refractivity contribution < 1.29 is 5.11 Å². The summed E-state index contributed by atoms with van der Waals surface area (Å²) >= 11 is 0. The maximum absolute atomic E-state index is 8.64. The molecule has 0 saturated carbocycles. The average Bonchev–Trinajstić information content (AvgIpc) is 2.33. The average molecular weight is 238 g/mol. The molecule has 0 spiro atoms. The van der Waals surface area contributed by atoms with E-state index in [4.69, 9.17) is 5.11 Å². The quantitative estimate of drug-likeness (QED) is 0.396. The lowest BCUT2D eigenvalue weighted by Gasteiger charge is -2.03. The molecule has 0 aliphatic carbocycles. The van der Waals surface area contributed by atoms with Crippen LogP contribution in [0.5, 0.6) is 0 Å². The fraction of sp³-hybridized carbons (Fsp3) is 0.750. The minimum atomic E-state index is 0.327. The van der Waals surface area contributed by atoms with E-state index in [1.54, 1.807) is 5.57 Å². The van der Waals surface area contributed by atoms with Crippen molar-refractivity contribution in [3.8, 4) is 0 Å². The molecule has 0 aliphatic rings. The van der Waals surface area contributed by atoms with Gasteiger partial charge < -0.3 is 5.11 Å². The molecule has 0 bridgehead atoms. The van der Waals surface area contributed by atoms with E-state index >= 15 is 0 Å². The van der Waals surface area contributed by atoms with Crippen LogP contribution >= 0.6 is 0 Å². The third-order valence-corrected chi connectivity index (χ3v) is 2.85. The van der Waals surface area contributed by atoms with Crippen molar-refractivity contribution in [2.75, 3.05) is 6.61 Å². The van der Waals surface area contributed by atoms with E-state index in [1.807, 2.05) is 0 Å². The van der Waals surface area contributed by atoms with E-state index in [0.29, 0.717) is 6.61 Å². The largest absolute Gasteiger partial charge is 0.396 e. The second-order valence-electron chi connectivity index (χ2n) is 4.63. The molecule has 0 atom stereocenters. The summed E-state index contributed by atoms with van der Waals surface area (Å²) in [6, 6.07) is 0. The van der Waals surface area contributed by atoms with E-state index in [9.17, 15) is 0 Å². The SMILES string of the molecule is CCCC(=CCCC=CCCCCO)CCC. The van der Waals surface area contributed by atoms with Crippen LogP contribution in [-0.2, 0) is 0 Å². The molecule has 0 radical (unpaired) electrons. The molecule has 0 heterocycles. The lowest BCUT2D eigenvalue weighted by atomic mass is 10.0. The molecule has 0 aromatic carbocycles. The van der Waals surface area contributed by atoms with Gasteiger partial charge in [-0.1, -0.05) is 50.5 Å². The van der Waals surface area contributed by atoms with Crippen LogP contribution in [0.4, 0.5) is 0 Å². The number of rotatable bonds is 11. The summed E-state index contributed by atoms with van der Waals surface area (Å²) in [4.78, 5) is 0. The Kier molecular flexibility index (Phi) is 13.1. The van der Waals surface area contributed by atoms with Crippen molar-refractivity contribution in [3.05, 3.63) is 23.8 Å². The molecular formula is C16H30O. The van der Waals surface area contributed by atoms with Crippen LogP contribution in [0.3, 0.4) is 0 Å². The smallest absolute Gasteiger partial charge is 0.0431 e.